The lowest BCUT2D eigenvalue weighted by molar-refractivity contribution is 1.64. The first-order valence-corrected chi connectivity index (χ1v) is 12.5. The largest absolute Gasteiger partial charge is 0.0622 e. The van der Waals surface area contributed by atoms with Gasteiger partial charge in [-0.25, -0.2) is 0 Å². The van der Waals surface area contributed by atoms with Gasteiger partial charge in [-0.05, 0) is 71.8 Å². The van der Waals surface area contributed by atoms with Gasteiger partial charge in [-0.15, -0.1) is 0 Å². The Bertz CT molecular complexity index is 1810. The molecule has 7 aromatic rings. The van der Waals surface area contributed by atoms with Gasteiger partial charge in [0.25, 0.3) is 0 Å². The smallest absolute Gasteiger partial charge is 0.00261 e. The minimum absolute atomic E-state index is 1.24. The topological polar surface area (TPSA) is 0 Å². The van der Waals surface area contributed by atoms with Gasteiger partial charge >= 0.3 is 0 Å². The van der Waals surface area contributed by atoms with Crippen molar-refractivity contribution in [3.05, 3.63) is 146 Å². The molecule has 0 fully saturated rings. The summed E-state index contributed by atoms with van der Waals surface area (Å²) in [5, 5.41) is 7.68. The lowest BCUT2D eigenvalue weighted by Crippen LogP contribution is -1.91. The molecule has 0 amide bonds. The molecular weight excluding hydrogens is 432 g/mol. The number of hydrogen-bond donors (Lipinski definition) is 0. The Hall–Kier alpha value is -4.68. The van der Waals surface area contributed by atoms with E-state index in [-0.39, 0.29) is 0 Å². The molecule has 0 aliphatic carbocycles. The van der Waals surface area contributed by atoms with Crippen molar-refractivity contribution in [2.24, 2.45) is 0 Å². The number of fused-ring (bicyclic) bond motifs is 3. The Balaban J connectivity index is 1.58. The van der Waals surface area contributed by atoms with Gasteiger partial charge in [0.15, 0.2) is 0 Å². The lowest BCUT2D eigenvalue weighted by Gasteiger charge is -2.18. The fourth-order valence-electron chi connectivity index (χ4n) is 5.65. The van der Waals surface area contributed by atoms with Gasteiger partial charge in [0.1, 0.15) is 0 Å². The minimum atomic E-state index is 1.24. The maximum Gasteiger partial charge on any atom is -0.00261 e. The van der Waals surface area contributed by atoms with E-state index in [1.807, 2.05) is 0 Å². The van der Waals surface area contributed by atoms with Crippen LogP contribution in [0, 0.1) is 0 Å². The van der Waals surface area contributed by atoms with Gasteiger partial charge in [0.2, 0.25) is 0 Å². The van der Waals surface area contributed by atoms with Crippen molar-refractivity contribution in [2.75, 3.05) is 0 Å². The average Bonchev–Trinajstić information content (AvgIpc) is 2.96. The van der Waals surface area contributed by atoms with Gasteiger partial charge < -0.3 is 0 Å². The Kier molecular flexibility index (Phi) is 4.89. The standard InChI is InChI=1S/C36H24/c1-3-12-25(13-4-1)29-21-11-16-26-22-23-28(24-34(26)29)36-32-19-9-7-17-30(32)35(27-14-5-2-6-15-27)31-18-8-10-20-33(31)36/h1-24H. The van der Waals surface area contributed by atoms with E-state index in [4.69, 9.17) is 0 Å². The molecule has 168 valence electrons. The molecule has 0 N–H and O–H groups in total. The van der Waals surface area contributed by atoms with Crippen LogP contribution in [0.5, 0.6) is 0 Å². The molecule has 0 heterocycles. The predicted molar refractivity (Wildman–Crippen MR) is 155 cm³/mol. The molecule has 0 atom stereocenters. The third-order valence-corrected chi connectivity index (χ3v) is 7.25. The van der Waals surface area contributed by atoms with Crippen molar-refractivity contribution >= 4 is 32.3 Å². The first kappa shape index (κ1) is 20.7. The average molecular weight is 457 g/mol. The Morgan fingerprint density at radius 1 is 0.278 bits per heavy atom. The van der Waals surface area contributed by atoms with Gasteiger partial charge in [-0.1, -0.05) is 140 Å². The summed E-state index contributed by atoms with van der Waals surface area (Å²) in [5.41, 5.74) is 7.61. The summed E-state index contributed by atoms with van der Waals surface area (Å²) in [7, 11) is 0. The molecule has 0 aliphatic heterocycles. The van der Waals surface area contributed by atoms with Crippen molar-refractivity contribution in [3.63, 3.8) is 0 Å². The fraction of sp³-hybridized carbons (Fsp3) is 0. The molecule has 0 heteroatoms. The summed E-state index contributed by atoms with van der Waals surface area (Å²) in [6.07, 6.45) is 0. The van der Waals surface area contributed by atoms with Crippen LogP contribution in [0.2, 0.25) is 0 Å². The first-order chi connectivity index (χ1) is 17.9. The fourth-order valence-corrected chi connectivity index (χ4v) is 5.65. The van der Waals surface area contributed by atoms with E-state index >= 15 is 0 Å². The zero-order valence-electron chi connectivity index (χ0n) is 19.9. The van der Waals surface area contributed by atoms with Crippen LogP contribution in [0.25, 0.3) is 65.7 Å². The van der Waals surface area contributed by atoms with Crippen molar-refractivity contribution in [2.45, 2.75) is 0 Å². The summed E-state index contributed by atoms with van der Waals surface area (Å²) < 4.78 is 0. The molecule has 0 saturated heterocycles. The molecule has 0 nitrogen and oxygen atoms in total. The second-order valence-electron chi connectivity index (χ2n) is 9.31. The van der Waals surface area contributed by atoms with Crippen molar-refractivity contribution in [1.82, 2.24) is 0 Å². The maximum atomic E-state index is 2.38. The van der Waals surface area contributed by atoms with Crippen LogP contribution in [0.4, 0.5) is 0 Å². The van der Waals surface area contributed by atoms with E-state index in [9.17, 15) is 0 Å². The minimum Gasteiger partial charge on any atom is -0.0622 e. The first-order valence-electron chi connectivity index (χ1n) is 12.5. The summed E-state index contributed by atoms with van der Waals surface area (Å²) in [4.78, 5) is 0. The zero-order valence-corrected chi connectivity index (χ0v) is 19.9. The molecule has 0 saturated carbocycles. The molecule has 7 aromatic carbocycles. The molecule has 0 aliphatic rings. The van der Waals surface area contributed by atoms with Crippen LogP contribution in [-0.2, 0) is 0 Å². The van der Waals surface area contributed by atoms with Crippen LogP contribution >= 0.6 is 0 Å². The van der Waals surface area contributed by atoms with Gasteiger partial charge in [0.05, 0.1) is 0 Å². The van der Waals surface area contributed by atoms with E-state index in [0.717, 1.165) is 0 Å². The summed E-state index contributed by atoms with van der Waals surface area (Å²) >= 11 is 0. The molecule has 0 spiro atoms. The molecule has 0 unspecified atom stereocenters. The summed E-state index contributed by atoms with van der Waals surface area (Å²) in [6, 6.07) is 52.7. The van der Waals surface area contributed by atoms with Gasteiger partial charge in [0, 0.05) is 0 Å². The second kappa shape index (κ2) is 8.52. The van der Waals surface area contributed by atoms with Crippen molar-refractivity contribution in [1.29, 1.82) is 0 Å². The van der Waals surface area contributed by atoms with Crippen molar-refractivity contribution < 1.29 is 0 Å². The van der Waals surface area contributed by atoms with Gasteiger partial charge in [-0.2, -0.15) is 0 Å². The van der Waals surface area contributed by atoms with Crippen LogP contribution < -0.4 is 0 Å². The van der Waals surface area contributed by atoms with Crippen LogP contribution in [-0.4, -0.2) is 0 Å². The Morgan fingerprint density at radius 2 is 0.778 bits per heavy atom. The molecule has 0 radical (unpaired) electrons. The summed E-state index contributed by atoms with van der Waals surface area (Å²) in [6.45, 7) is 0. The highest BCUT2D eigenvalue weighted by Gasteiger charge is 2.16. The van der Waals surface area contributed by atoms with Crippen LogP contribution in [0.15, 0.2) is 146 Å². The highest BCUT2D eigenvalue weighted by molar-refractivity contribution is 6.21. The third-order valence-electron chi connectivity index (χ3n) is 7.25. The monoisotopic (exact) mass is 456 g/mol. The third kappa shape index (κ3) is 3.31. The Morgan fingerprint density at radius 3 is 1.36 bits per heavy atom. The summed E-state index contributed by atoms with van der Waals surface area (Å²) in [5.74, 6) is 0. The number of benzene rings is 7. The second-order valence-corrected chi connectivity index (χ2v) is 9.31. The molecular formula is C36H24. The van der Waals surface area contributed by atoms with E-state index in [1.165, 1.54) is 65.7 Å². The van der Waals surface area contributed by atoms with Gasteiger partial charge in [-0.3, -0.25) is 0 Å². The van der Waals surface area contributed by atoms with E-state index in [0.29, 0.717) is 0 Å². The molecule has 0 aromatic heterocycles. The van der Waals surface area contributed by atoms with Crippen LogP contribution in [0.3, 0.4) is 0 Å². The zero-order chi connectivity index (χ0) is 23.9. The van der Waals surface area contributed by atoms with E-state index in [1.54, 1.807) is 0 Å². The number of hydrogen-bond acceptors (Lipinski definition) is 0. The highest BCUT2D eigenvalue weighted by atomic mass is 14.2. The molecule has 36 heavy (non-hydrogen) atoms. The van der Waals surface area contributed by atoms with Crippen LogP contribution in [0.1, 0.15) is 0 Å². The highest BCUT2D eigenvalue weighted by Crippen LogP contribution is 2.44. The molecule has 0 bridgehead atoms. The van der Waals surface area contributed by atoms with E-state index in [2.05, 4.69) is 146 Å². The molecule has 7 rings (SSSR count). The quantitative estimate of drug-likeness (QED) is 0.232. The van der Waals surface area contributed by atoms with Crippen molar-refractivity contribution in [3.8, 4) is 33.4 Å². The van der Waals surface area contributed by atoms with E-state index < -0.39 is 0 Å². The Labute approximate surface area is 211 Å². The normalized spacial score (nSPS) is 11.3. The maximum absolute atomic E-state index is 2.38. The lowest BCUT2D eigenvalue weighted by atomic mass is 9.85. The number of rotatable bonds is 3. The predicted octanol–water partition coefficient (Wildman–Crippen LogP) is 10.1. The SMILES string of the molecule is c1ccc(-c2cccc3ccc(-c4c5ccccc5c(-c5ccccc5)c5ccccc45)cc23)cc1.